The molecule has 100 valence electrons. The lowest BCUT2D eigenvalue weighted by atomic mass is 10.1. The summed E-state index contributed by atoms with van der Waals surface area (Å²) in [5.41, 5.74) is 0.618. The third kappa shape index (κ3) is 2.62. The predicted molar refractivity (Wildman–Crippen MR) is 69.3 cm³/mol. The van der Waals surface area contributed by atoms with E-state index in [0.29, 0.717) is 11.5 Å². The number of benzene rings is 1. The zero-order chi connectivity index (χ0) is 13.4. The molecular formula is C15H17NO3. The lowest BCUT2D eigenvalue weighted by molar-refractivity contribution is -0.142. The number of amides is 1. The average molecular weight is 259 g/mol. The standard InChI is InChI=1S/C15H17NO3/c17-14(12-8-11(12)9-6-7-9)16-13(15(18)19)10-4-2-1-3-5-10/h1-5,9,11-13H,6-8H2,(H,16,17)(H,18,19)/t11?,12?,13-/m0/s1. The molecule has 0 aliphatic heterocycles. The SMILES string of the molecule is O=C(N[C@H](C(=O)O)c1ccccc1)C1CC1C1CC1. The molecule has 4 nitrogen and oxygen atoms in total. The summed E-state index contributed by atoms with van der Waals surface area (Å²) in [6, 6.07) is 7.90. The van der Waals surface area contributed by atoms with E-state index < -0.39 is 12.0 Å². The second kappa shape index (κ2) is 4.68. The van der Waals surface area contributed by atoms with Gasteiger partial charge in [0.2, 0.25) is 5.91 Å². The van der Waals surface area contributed by atoms with Crippen molar-refractivity contribution in [3.8, 4) is 0 Å². The van der Waals surface area contributed by atoms with Crippen molar-refractivity contribution in [2.75, 3.05) is 0 Å². The molecule has 2 unspecified atom stereocenters. The number of aliphatic carboxylic acids is 1. The van der Waals surface area contributed by atoms with Gasteiger partial charge >= 0.3 is 5.97 Å². The number of carboxylic acids is 1. The smallest absolute Gasteiger partial charge is 0.330 e. The number of rotatable bonds is 5. The Bertz CT molecular complexity index is 495. The third-order valence-electron chi connectivity index (χ3n) is 4.07. The highest BCUT2D eigenvalue weighted by atomic mass is 16.4. The van der Waals surface area contributed by atoms with E-state index >= 15 is 0 Å². The number of hydrogen-bond acceptors (Lipinski definition) is 2. The van der Waals surface area contributed by atoms with Gasteiger partial charge < -0.3 is 10.4 Å². The molecule has 2 N–H and O–H groups in total. The van der Waals surface area contributed by atoms with Crippen molar-refractivity contribution in [1.82, 2.24) is 5.32 Å². The highest BCUT2D eigenvalue weighted by Gasteiger charge is 2.51. The molecule has 2 aliphatic carbocycles. The van der Waals surface area contributed by atoms with E-state index in [0.717, 1.165) is 12.3 Å². The minimum Gasteiger partial charge on any atom is -0.479 e. The molecular weight excluding hydrogens is 242 g/mol. The summed E-state index contributed by atoms with van der Waals surface area (Å²) in [6.45, 7) is 0. The number of nitrogens with one attached hydrogen (secondary N) is 1. The number of carbonyl (C=O) groups is 2. The molecule has 0 aromatic heterocycles. The molecule has 0 bridgehead atoms. The molecule has 0 radical (unpaired) electrons. The first-order valence-electron chi connectivity index (χ1n) is 6.75. The van der Waals surface area contributed by atoms with E-state index in [1.54, 1.807) is 24.3 Å². The monoisotopic (exact) mass is 259 g/mol. The van der Waals surface area contributed by atoms with Crippen LogP contribution in [0.3, 0.4) is 0 Å². The zero-order valence-electron chi connectivity index (χ0n) is 10.6. The normalized spacial score (nSPS) is 26.5. The molecule has 1 aromatic rings. The van der Waals surface area contributed by atoms with Gasteiger partial charge in [0.25, 0.3) is 0 Å². The van der Waals surface area contributed by atoms with Gasteiger partial charge in [-0.2, -0.15) is 0 Å². The summed E-state index contributed by atoms with van der Waals surface area (Å²) in [7, 11) is 0. The van der Waals surface area contributed by atoms with Crippen molar-refractivity contribution in [2.45, 2.75) is 25.3 Å². The van der Waals surface area contributed by atoms with E-state index in [1.165, 1.54) is 12.8 Å². The largest absolute Gasteiger partial charge is 0.479 e. The first-order valence-corrected chi connectivity index (χ1v) is 6.75. The van der Waals surface area contributed by atoms with Crippen LogP contribution < -0.4 is 5.32 Å². The first-order chi connectivity index (χ1) is 9.16. The van der Waals surface area contributed by atoms with Crippen molar-refractivity contribution in [3.63, 3.8) is 0 Å². The molecule has 3 rings (SSSR count). The molecule has 1 amide bonds. The first kappa shape index (κ1) is 12.2. The number of carboxylic acid groups (broad SMARTS) is 1. The Hall–Kier alpha value is -1.84. The summed E-state index contributed by atoms with van der Waals surface area (Å²) in [5, 5.41) is 11.9. The maximum Gasteiger partial charge on any atom is 0.330 e. The van der Waals surface area contributed by atoms with E-state index in [9.17, 15) is 14.7 Å². The van der Waals surface area contributed by atoms with E-state index in [4.69, 9.17) is 0 Å². The topological polar surface area (TPSA) is 66.4 Å². The molecule has 2 fully saturated rings. The van der Waals surface area contributed by atoms with Crippen LogP contribution in [-0.4, -0.2) is 17.0 Å². The van der Waals surface area contributed by atoms with Crippen molar-refractivity contribution in [2.24, 2.45) is 17.8 Å². The minimum absolute atomic E-state index is 0.0399. The zero-order valence-corrected chi connectivity index (χ0v) is 10.6. The van der Waals surface area contributed by atoms with E-state index in [-0.39, 0.29) is 11.8 Å². The molecule has 19 heavy (non-hydrogen) atoms. The third-order valence-corrected chi connectivity index (χ3v) is 4.07. The van der Waals surface area contributed by atoms with Crippen LogP contribution in [-0.2, 0) is 9.59 Å². The van der Waals surface area contributed by atoms with E-state index in [1.807, 2.05) is 6.07 Å². The van der Waals surface area contributed by atoms with Gasteiger partial charge in [0.15, 0.2) is 6.04 Å². The second-order valence-corrected chi connectivity index (χ2v) is 5.53. The van der Waals surface area contributed by atoms with Gasteiger partial charge in [-0.25, -0.2) is 4.79 Å². The molecule has 0 spiro atoms. The molecule has 0 saturated heterocycles. The quantitative estimate of drug-likeness (QED) is 0.849. The molecule has 3 atom stereocenters. The van der Waals surface area contributed by atoms with Gasteiger partial charge in [-0.3, -0.25) is 4.79 Å². The summed E-state index contributed by atoms with van der Waals surface area (Å²) in [6.07, 6.45) is 3.39. The Labute approximate surface area is 111 Å². The predicted octanol–water partition coefficient (Wildman–Crippen LogP) is 1.97. The Morgan fingerprint density at radius 1 is 1.21 bits per heavy atom. The van der Waals surface area contributed by atoms with Gasteiger partial charge in [0, 0.05) is 5.92 Å². The Morgan fingerprint density at radius 3 is 2.47 bits per heavy atom. The molecule has 2 aliphatic rings. The maximum absolute atomic E-state index is 12.1. The van der Waals surface area contributed by atoms with E-state index in [2.05, 4.69) is 5.32 Å². The van der Waals surface area contributed by atoms with Crippen molar-refractivity contribution in [1.29, 1.82) is 0 Å². The van der Waals surface area contributed by atoms with Crippen molar-refractivity contribution >= 4 is 11.9 Å². The van der Waals surface area contributed by atoms with Gasteiger partial charge in [0.1, 0.15) is 0 Å². The number of hydrogen-bond donors (Lipinski definition) is 2. The lowest BCUT2D eigenvalue weighted by Crippen LogP contribution is -2.35. The van der Waals surface area contributed by atoms with Crippen LogP contribution >= 0.6 is 0 Å². The van der Waals surface area contributed by atoms with Crippen LogP contribution in [0.2, 0.25) is 0 Å². The molecule has 2 saturated carbocycles. The lowest BCUT2D eigenvalue weighted by Gasteiger charge is -2.14. The second-order valence-electron chi connectivity index (χ2n) is 5.53. The molecule has 4 heteroatoms. The highest BCUT2D eigenvalue weighted by Crippen LogP contribution is 2.54. The van der Waals surface area contributed by atoms with Crippen molar-refractivity contribution < 1.29 is 14.7 Å². The van der Waals surface area contributed by atoms with Crippen molar-refractivity contribution in [3.05, 3.63) is 35.9 Å². The van der Waals surface area contributed by atoms with Gasteiger partial charge in [-0.15, -0.1) is 0 Å². The van der Waals surface area contributed by atoms with Crippen LogP contribution in [0.25, 0.3) is 0 Å². The van der Waals surface area contributed by atoms with Crippen LogP contribution in [0.15, 0.2) is 30.3 Å². The van der Waals surface area contributed by atoms with Crippen LogP contribution in [0.1, 0.15) is 30.9 Å². The Morgan fingerprint density at radius 2 is 1.89 bits per heavy atom. The fourth-order valence-electron chi connectivity index (χ4n) is 2.74. The molecule has 0 heterocycles. The van der Waals surface area contributed by atoms with Gasteiger partial charge in [0.05, 0.1) is 0 Å². The fourth-order valence-corrected chi connectivity index (χ4v) is 2.74. The van der Waals surface area contributed by atoms with Crippen LogP contribution in [0, 0.1) is 17.8 Å². The fraction of sp³-hybridized carbons (Fsp3) is 0.467. The summed E-state index contributed by atoms with van der Waals surface area (Å²) >= 11 is 0. The van der Waals surface area contributed by atoms with Crippen LogP contribution in [0.4, 0.5) is 0 Å². The Balaban J connectivity index is 1.65. The highest BCUT2D eigenvalue weighted by molar-refractivity contribution is 5.87. The number of carbonyl (C=O) groups excluding carboxylic acids is 1. The Kier molecular flexibility index (Phi) is 3.01. The maximum atomic E-state index is 12.1. The van der Waals surface area contributed by atoms with Gasteiger partial charge in [-0.1, -0.05) is 30.3 Å². The summed E-state index contributed by atoms with van der Waals surface area (Å²) in [4.78, 5) is 23.4. The van der Waals surface area contributed by atoms with Gasteiger partial charge in [-0.05, 0) is 36.7 Å². The average Bonchev–Trinajstić information content (AvgIpc) is 3.28. The molecule has 1 aromatic carbocycles. The minimum atomic E-state index is -1.01. The van der Waals surface area contributed by atoms with Crippen LogP contribution in [0.5, 0.6) is 0 Å². The summed E-state index contributed by atoms with van der Waals surface area (Å²) < 4.78 is 0. The summed E-state index contributed by atoms with van der Waals surface area (Å²) in [5.74, 6) is 0.148.